The fourth-order valence-corrected chi connectivity index (χ4v) is 4.44. The molecule has 1 N–H and O–H groups in total. The highest BCUT2D eigenvalue weighted by Gasteiger charge is 2.30. The van der Waals surface area contributed by atoms with Crippen LogP contribution in [0.4, 0.5) is 5.69 Å². The average molecular weight is 428 g/mol. The van der Waals surface area contributed by atoms with Crippen molar-refractivity contribution in [2.45, 2.75) is 19.9 Å². The first-order valence-corrected chi connectivity index (χ1v) is 11.0. The molecule has 1 aliphatic rings. The minimum atomic E-state index is -0.578. The van der Waals surface area contributed by atoms with Gasteiger partial charge in [-0.3, -0.25) is 14.5 Å². The van der Waals surface area contributed by atoms with Crippen molar-refractivity contribution in [3.05, 3.63) is 101 Å². The SMILES string of the molecule is Cc1cc(C)cc(NC(=O)C(=O)N2CCN(C(c3ccccc3)c3ccccc3)CC2)c1. The third kappa shape index (κ3) is 5.06. The first-order valence-electron chi connectivity index (χ1n) is 11.0. The first kappa shape index (κ1) is 21.8. The summed E-state index contributed by atoms with van der Waals surface area (Å²) >= 11 is 0. The molecule has 5 heteroatoms. The Balaban J connectivity index is 1.43. The number of aryl methyl sites for hydroxylation is 2. The molecule has 1 aliphatic heterocycles. The monoisotopic (exact) mass is 427 g/mol. The standard InChI is InChI=1S/C27H29N3O2/c1-20-17-21(2)19-24(18-20)28-26(31)27(32)30-15-13-29(14-16-30)25(22-9-5-3-6-10-22)23-11-7-4-8-12-23/h3-12,17-19,25H,13-16H2,1-2H3,(H,28,31). The molecule has 3 aromatic rings. The van der Waals surface area contributed by atoms with Crippen LogP contribution in [0.5, 0.6) is 0 Å². The van der Waals surface area contributed by atoms with Gasteiger partial charge in [-0.15, -0.1) is 0 Å². The average Bonchev–Trinajstić information content (AvgIpc) is 2.80. The molecule has 0 atom stereocenters. The van der Waals surface area contributed by atoms with E-state index >= 15 is 0 Å². The predicted molar refractivity (Wildman–Crippen MR) is 127 cm³/mol. The maximum atomic E-state index is 12.8. The van der Waals surface area contributed by atoms with Gasteiger partial charge in [0.15, 0.2) is 0 Å². The molecule has 0 saturated carbocycles. The molecule has 1 heterocycles. The van der Waals surface area contributed by atoms with Crippen LogP contribution >= 0.6 is 0 Å². The summed E-state index contributed by atoms with van der Waals surface area (Å²) in [7, 11) is 0. The van der Waals surface area contributed by atoms with Gasteiger partial charge in [-0.05, 0) is 48.2 Å². The van der Waals surface area contributed by atoms with Crippen molar-refractivity contribution in [1.29, 1.82) is 0 Å². The predicted octanol–water partition coefficient (Wildman–Crippen LogP) is 4.18. The van der Waals surface area contributed by atoms with Gasteiger partial charge in [0, 0.05) is 31.9 Å². The lowest BCUT2D eigenvalue weighted by molar-refractivity contribution is -0.144. The van der Waals surface area contributed by atoms with E-state index in [9.17, 15) is 9.59 Å². The highest BCUT2D eigenvalue weighted by molar-refractivity contribution is 6.39. The number of amides is 2. The number of hydrogen-bond acceptors (Lipinski definition) is 3. The van der Waals surface area contributed by atoms with Gasteiger partial charge in [0.2, 0.25) is 0 Å². The van der Waals surface area contributed by atoms with E-state index in [0.717, 1.165) is 11.1 Å². The minimum Gasteiger partial charge on any atom is -0.332 e. The molecule has 0 unspecified atom stereocenters. The molecule has 0 radical (unpaired) electrons. The highest BCUT2D eigenvalue weighted by atomic mass is 16.2. The number of anilines is 1. The second-order valence-electron chi connectivity index (χ2n) is 8.38. The molecule has 5 nitrogen and oxygen atoms in total. The molecule has 0 aliphatic carbocycles. The van der Waals surface area contributed by atoms with Gasteiger partial charge in [-0.1, -0.05) is 66.7 Å². The number of nitrogens with zero attached hydrogens (tertiary/aromatic N) is 2. The first-order chi connectivity index (χ1) is 15.5. The van der Waals surface area contributed by atoms with Gasteiger partial charge >= 0.3 is 11.8 Å². The van der Waals surface area contributed by atoms with Crippen molar-refractivity contribution in [3.8, 4) is 0 Å². The van der Waals surface area contributed by atoms with Gasteiger partial charge in [-0.25, -0.2) is 0 Å². The molecule has 32 heavy (non-hydrogen) atoms. The van der Waals surface area contributed by atoms with Crippen LogP contribution in [0.3, 0.4) is 0 Å². The molecule has 164 valence electrons. The molecule has 3 aromatic carbocycles. The highest BCUT2D eigenvalue weighted by Crippen LogP contribution is 2.29. The van der Waals surface area contributed by atoms with Crippen LogP contribution in [0.15, 0.2) is 78.9 Å². The lowest BCUT2D eigenvalue weighted by atomic mass is 9.96. The Morgan fingerprint density at radius 1 is 0.750 bits per heavy atom. The van der Waals surface area contributed by atoms with Crippen molar-refractivity contribution in [1.82, 2.24) is 9.80 Å². The van der Waals surface area contributed by atoms with Gasteiger partial charge in [0.25, 0.3) is 0 Å². The van der Waals surface area contributed by atoms with Gasteiger partial charge in [0.1, 0.15) is 0 Å². The number of rotatable bonds is 4. The third-order valence-corrected chi connectivity index (χ3v) is 5.87. The molecule has 1 saturated heterocycles. The lowest BCUT2D eigenvalue weighted by Gasteiger charge is -2.39. The van der Waals surface area contributed by atoms with E-state index in [1.165, 1.54) is 11.1 Å². The number of hydrogen-bond donors (Lipinski definition) is 1. The van der Waals surface area contributed by atoms with E-state index < -0.39 is 11.8 Å². The summed E-state index contributed by atoms with van der Waals surface area (Å²) in [5, 5.41) is 2.76. The second kappa shape index (κ2) is 9.79. The van der Waals surface area contributed by atoms with E-state index in [0.29, 0.717) is 31.9 Å². The van der Waals surface area contributed by atoms with Crippen LogP contribution in [-0.4, -0.2) is 47.8 Å². The summed E-state index contributed by atoms with van der Waals surface area (Å²) in [6.45, 7) is 6.40. The topological polar surface area (TPSA) is 52.7 Å². The maximum Gasteiger partial charge on any atom is 0.313 e. The van der Waals surface area contributed by atoms with E-state index in [4.69, 9.17) is 0 Å². The largest absolute Gasteiger partial charge is 0.332 e. The Bertz CT molecular complexity index is 1010. The molecular formula is C27H29N3O2. The summed E-state index contributed by atoms with van der Waals surface area (Å²) in [6.07, 6.45) is 0. The Labute approximate surface area is 189 Å². The molecular weight excluding hydrogens is 398 g/mol. The summed E-state index contributed by atoms with van der Waals surface area (Å²) in [5.74, 6) is -1.05. The van der Waals surface area contributed by atoms with E-state index in [1.54, 1.807) is 4.90 Å². The normalized spacial score (nSPS) is 14.4. The summed E-state index contributed by atoms with van der Waals surface area (Å²) in [5.41, 5.74) is 5.22. The van der Waals surface area contributed by atoms with E-state index in [2.05, 4.69) is 58.7 Å². The number of piperazine rings is 1. The Kier molecular flexibility index (Phi) is 6.66. The number of nitrogens with one attached hydrogen (secondary N) is 1. The fourth-order valence-electron chi connectivity index (χ4n) is 4.44. The molecule has 0 bridgehead atoms. The Morgan fingerprint density at radius 3 is 1.75 bits per heavy atom. The number of benzene rings is 3. The Hall–Kier alpha value is -3.44. The quantitative estimate of drug-likeness (QED) is 0.636. The zero-order valence-corrected chi connectivity index (χ0v) is 18.6. The van der Waals surface area contributed by atoms with Crippen molar-refractivity contribution in [3.63, 3.8) is 0 Å². The minimum absolute atomic E-state index is 0.124. The molecule has 2 amide bonds. The van der Waals surface area contributed by atoms with Crippen LogP contribution in [0, 0.1) is 13.8 Å². The van der Waals surface area contributed by atoms with E-state index in [-0.39, 0.29) is 6.04 Å². The fraction of sp³-hybridized carbons (Fsp3) is 0.259. The van der Waals surface area contributed by atoms with Gasteiger partial charge in [0.05, 0.1) is 6.04 Å². The van der Waals surface area contributed by atoms with Crippen LogP contribution in [0.1, 0.15) is 28.3 Å². The zero-order valence-electron chi connectivity index (χ0n) is 18.6. The van der Waals surface area contributed by atoms with Crippen LogP contribution in [-0.2, 0) is 9.59 Å². The van der Waals surface area contributed by atoms with Crippen LogP contribution in [0.25, 0.3) is 0 Å². The molecule has 0 aromatic heterocycles. The Morgan fingerprint density at radius 2 is 1.25 bits per heavy atom. The number of carbonyl (C=O) groups is 2. The zero-order chi connectivity index (χ0) is 22.5. The van der Waals surface area contributed by atoms with Crippen molar-refractivity contribution in [2.75, 3.05) is 31.5 Å². The third-order valence-electron chi connectivity index (χ3n) is 5.87. The van der Waals surface area contributed by atoms with Crippen molar-refractivity contribution in [2.24, 2.45) is 0 Å². The van der Waals surface area contributed by atoms with Crippen molar-refractivity contribution >= 4 is 17.5 Å². The van der Waals surface area contributed by atoms with Crippen LogP contribution in [0.2, 0.25) is 0 Å². The second-order valence-corrected chi connectivity index (χ2v) is 8.38. The summed E-state index contributed by atoms with van der Waals surface area (Å²) in [4.78, 5) is 29.4. The smallest absolute Gasteiger partial charge is 0.313 e. The van der Waals surface area contributed by atoms with E-state index in [1.807, 2.05) is 44.2 Å². The summed E-state index contributed by atoms with van der Waals surface area (Å²) < 4.78 is 0. The number of carbonyl (C=O) groups excluding carboxylic acids is 2. The lowest BCUT2D eigenvalue weighted by Crippen LogP contribution is -2.52. The van der Waals surface area contributed by atoms with Crippen molar-refractivity contribution < 1.29 is 9.59 Å². The molecule has 1 fully saturated rings. The van der Waals surface area contributed by atoms with Gasteiger partial charge < -0.3 is 10.2 Å². The molecule has 4 rings (SSSR count). The molecule has 0 spiro atoms. The maximum absolute atomic E-state index is 12.8. The summed E-state index contributed by atoms with van der Waals surface area (Å²) in [6, 6.07) is 26.8. The van der Waals surface area contributed by atoms with Crippen LogP contribution < -0.4 is 5.32 Å². The van der Waals surface area contributed by atoms with Gasteiger partial charge in [-0.2, -0.15) is 0 Å².